The largest absolute Gasteiger partial charge is 0.481 e. The van der Waals surface area contributed by atoms with Gasteiger partial charge in [-0.15, -0.1) is 0 Å². The fraction of sp³-hybridized carbons (Fsp3) is 0.364. The second-order valence-electron chi connectivity index (χ2n) is 7.18. The highest BCUT2D eigenvalue weighted by molar-refractivity contribution is 6.30. The van der Waals surface area contributed by atoms with Crippen molar-refractivity contribution in [2.75, 3.05) is 6.61 Å². The summed E-state index contributed by atoms with van der Waals surface area (Å²) in [7, 11) is 0. The predicted octanol–water partition coefficient (Wildman–Crippen LogP) is 4.25. The minimum Gasteiger partial charge on any atom is -0.481 e. The second kappa shape index (κ2) is 9.79. The first kappa shape index (κ1) is 22.6. The van der Waals surface area contributed by atoms with E-state index >= 15 is 0 Å². The van der Waals surface area contributed by atoms with Gasteiger partial charge >= 0.3 is 5.97 Å². The molecule has 1 amide bonds. The van der Waals surface area contributed by atoms with E-state index in [0.29, 0.717) is 22.0 Å². The van der Waals surface area contributed by atoms with Gasteiger partial charge in [0.2, 0.25) is 0 Å². The summed E-state index contributed by atoms with van der Waals surface area (Å²) in [5.41, 5.74) is 1.47. The molecule has 0 saturated carbocycles. The first-order valence-electron chi connectivity index (χ1n) is 9.66. The molecule has 0 aromatic heterocycles. The number of carbonyl (C=O) groups is 2. The Hall–Kier alpha value is -2.12. The Labute approximate surface area is 185 Å². The van der Waals surface area contributed by atoms with Gasteiger partial charge in [-0.2, -0.15) is 0 Å². The van der Waals surface area contributed by atoms with Crippen molar-refractivity contribution in [1.29, 1.82) is 0 Å². The molecule has 2 aromatic rings. The van der Waals surface area contributed by atoms with Gasteiger partial charge in [0.25, 0.3) is 5.91 Å². The van der Waals surface area contributed by atoms with Crippen LogP contribution in [0.25, 0.3) is 0 Å². The lowest BCUT2D eigenvalue weighted by Crippen LogP contribution is -2.56. The number of aliphatic carboxylic acids is 1. The lowest BCUT2D eigenvalue weighted by atomic mass is 9.89. The SMILES string of the molecule is CCC(CO)N1C(=O)[C@@H](CC(=O)O)O[C@@H](c2cccc(Cl)c2)C1c1ccc(Cl)cc1. The van der Waals surface area contributed by atoms with Crippen LogP contribution in [0.3, 0.4) is 0 Å². The highest BCUT2D eigenvalue weighted by Gasteiger charge is 2.46. The summed E-state index contributed by atoms with van der Waals surface area (Å²) in [5.74, 6) is -1.60. The fourth-order valence-corrected chi connectivity index (χ4v) is 4.14. The van der Waals surface area contributed by atoms with Gasteiger partial charge in [0.15, 0.2) is 0 Å². The number of aliphatic hydroxyl groups excluding tert-OH is 1. The Morgan fingerprint density at radius 3 is 2.40 bits per heavy atom. The van der Waals surface area contributed by atoms with E-state index in [-0.39, 0.29) is 6.61 Å². The average Bonchev–Trinajstić information content (AvgIpc) is 2.71. The zero-order chi connectivity index (χ0) is 21.8. The number of nitrogens with zero attached hydrogens (tertiary/aromatic N) is 1. The van der Waals surface area contributed by atoms with E-state index in [9.17, 15) is 19.8 Å². The van der Waals surface area contributed by atoms with E-state index < -0.39 is 42.6 Å². The Morgan fingerprint density at radius 2 is 1.83 bits per heavy atom. The summed E-state index contributed by atoms with van der Waals surface area (Å²) in [6.45, 7) is 1.61. The molecule has 6 nitrogen and oxygen atoms in total. The minimum atomic E-state index is -1.17. The number of carboxylic acid groups (broad SMARTS) is 1. The van der Waals surface area contributed by atoms with Crippen molar-refractivity contribution < 1.29 is 24.5 Å². The van der Waals surface area contributed by atoms with Gasteiger partial charge in [0.1, 0.15) is 12.2 Å². The molecule has 0 radical (unpaired) electrons. The highest BCUT2D eigenvalue weighted by Crippen LogP contribution is 2.44. The van der Waals surface area contributed by atoms with Crippen molar-refractivity contribution in [2.24, 2.45) is 0 Å². The summed E-state index contributed by atoms with van der Waals surface area (Å²) in [6, 6.07) is 13.0. The molecule has 0 aliphatic carbocycles. The summed E-state index contributed by atoms with van der Waals surface area (Å²) in [6.07, 6.45) is -1.82. The van der Waals surface area contributed by atoms with Crippen molar-refractivity contribution in [3.63, 3.8) is 0 Å². The van der Waals surface area contributed by atoms with Gasteiger partial charge < -0.3 is 19.8 Å². The zero-order valence-electron chi connectivity index (χ0n) is 16.4. The number of carbonyl (C=O) groups excluding carboxylic acids is 1. The monoisotopic (exact) mass is 451 g/mol. The minimum absolute atomic E-state index is 0.256. The molecule has 1 aliphatic heterocycles. The van der Waals surface area contributed by atoms with Crippen LogP contribution in [0, 0.1) is 0 Å². The van der Waals surface area contributed by atoms with Crippen LogP contribution < -0.4 is 0 Å². The quantitative estimate of drug-likeness (QED) is 0.656. The van der Waals surface area contributed by atoms with Crippen LogP contribution in [-0.2, 0) is 14.3 Å². The molecule has 2 N–H and O–H groups in total. The number of aliphatic hydroxyl groups is 1. The van der Waals surface area contributed by atoms with Crippen LogP contribution in [0.5, 0.6) is 0 Å². The predicted molar refractivity (Wildman–Crippen MR) is 114 cm³/mol. The first-order valence-corrected chi connectivity index (χ1v) is 10.4. The Morgan fingerprint density at radius 1 is 1.13 bits per heavy atom. The number of halogens is 2. The Bertz CT molecular complexity index is 901. The lowest BCUT2D eigenvalue weighted by Gasteiger charge is -2.47. The number of ether oxygens (including phenoxy) is 1. The maximum Gasteiger partial charge on any atom is 0.306 e. The number of rotatable bonds is 7. The molecule has 3 rings (SSSR count). The van der Waals surface area contributed by atoms with Crippen LogP contribution in [0.15, 0.2) is 48.5 Å². The zero-order valence-corrected chi connectivity index (χ0v) is 17.9. The molecule has 1 fully saturated rings. The van der Waals surface area contributed by atoms with E-state index in [1.807, 2.05) is 13.0 Å². The molecule has 160 valence electrons. The van der Waals surface area contributed by atoms with Crippen molar-refractivity contribution >= 4 is 35.1 Å². The van der Waals surface area contributed by atoms with Gasteiger partial charge in [0.05, 0.1) is 25.1 Å². The number of hydrogen-bond acceptors (Lipinski definition) is 4. The van der Waals surface area contributed by atoms with Crippen LogP contribution in [0.4, 0.5) is 0 Å². The molecule has 0 bridgehead atoms. The standard InChI is InChI=1S/C22H23Cl2NO5/c1-2-17(12-26)25-20(13-6-8-15(23)9-7-13)21(14-4-3-5-16(24)10-14)30-18(22(25)29)11-19(27)28/h3-10,17-18,20-21,26H,2,11-12H2,1H3,(H,27,28)/t17?,18-,20?,21+/m1/s1. The van der Waals surface area contributed by atoms with E-state index in [4.69, 9.17) is 27.9 Å². The van der Waals surface area contributed by atoms with E-state index in [1.54, 1.807) is 47.4 Å². The fourth-order valence-electron chi connectivity index (χ4n) is 3.81. The topological polar surface area (TPSA) is 87.1 Å². The van der Waals surface area contributed by atoms with Crippen LogP contribution in [0.2, 0.25) is 10.0 Å². The number of carboxylic acids is 1. The van der Waals surface area contributed by atoms with E-state index in [2.05, 4.69) is 0 Å². The molecular formula is C22H23Cl2NO5. The molecule has 0 spiro atoms. The molecule has 1 saturated heterocycles. The molecule has 2 unspecified atom stereocenters. The van der Waals surface area contributed by atoms with Crippen LogP contribution in [0.1, 0.15) is 43.0 Å². The molecule has 1 heterocycles. The summed E-state index contributed by atoms with van der Waals surface area (Å²) in [5, 5.41) is 20.3. The van der Waals surface area contributed by atoms with Gasteiger partial charge in [-0.05, 0) is 41.8 Å². The number of benzene rings is 2. The Kier molecular flexibility index (Phi) is 7.36. The summed E-state index contributed by atoms with van der Waals surface area (Å²) in [4.78, 5) is 26.2. The van der Waals surface area contributed by atoms with Gasteiger partial charge in [0, 0.05) is 10.0 Å². The number of morpholine rings is 1. The van der Waals surface area contributed by atoms with Gasteiger partial charge in [-0.3, -0.25) is 9.59 Å². The first-order chi connectivity index (χ1) is 14.3. The van der Waals surface area contributed by atoms with Crippen LogP contribution >= 0.6 is 23.2 Å². The molecule has 8 heteroatoms. The van der Waals surface area contributed by atoms with Gasteiger partial charge in [-0.25, -0.2) is 0 Å². The number of hydrogen-bond donors (Lipinski definition) is 2. The van der Waals surface area contributed by atoms with E-state index in [0.717, 1.165) is 5.56 Å². The van der Waals surface area contributed by atoms with Crippen molar-refractivity contribution in [1.82, 2.24) is 4.90 Å². The smallest absolute Gasteiger partial charge is 0.306 e. The third kappa shape index (κ3) is 4.78. The number of amides is 1. The normalized spacial score (nSPS) is 22.7. The third-order valence-electron chi connectivity index (χ3n) is 5.25. The maximum absolute atomic E-state index is 13.3. The summed E-state index contributed by atoms with van der Waals surface area (Å²) >= 11 is 12.2. The Balaban J connectivity index is 2.16. The van der Waals surface area contributed by atoms with E-state index in [1.165, 1.54) is 0 Å². The molecule has 4 atom stereocenters. The molecule has 30 heavy (non-hydrogen) atoms. The van der Waals surface area contributed by atoms with Crippen molar-refractivity contribution in [3.8, 4) is 0 Å². The maximum atomic E-state index is 13.3. The second-order valence-corrected chi connectivity index (χ2v) is 8.06. The molecule has 2 aromatic carbocycles. The third-order valence-corrected chi connectivity index (χ3v) is 5.74. The highest BCUT2D eigenvalue weighted by atomic mass is 35.5. The lowest BCUT2D eigenvalue weighted by molar-refractivity contribution is -0.184. The van der Waals surface area contributed by atoms with Crippen molar-refractivity contribution in [3.05, 3.63) is 69.7 Å². The molecule has 1 aliphatic rings. The van der Waals surface area contributed by atoms with Crippen LogP contribution in [-0.4, -0.2) is 45.7 Å². The van der Waals surface area contributed by atoms with Gasteiger partial charge in [-0.1, -0.05) is 54.4 Å². The average molecular weight is 452 g/mol. The summed E-state index contributed by atoms with van der Waals surface area (Å²) < 4.78 is 6.07. The molecular weight excluding hydrogens is 429 g/mol. The van der Waals surface area contributed by atoms with Crippen molar-refractivity contribution in [2.45, 2.75) is 44.1 Å².